The summed E-state index contributed by atoms with van der Waals surface area (Å²) in [7, 11) is -1.17. The molecule has 1 aliphatic heterocycles. The van der Waals surface area contributed by atoms with Gasteiger partial charge in [0.1, 0.15) is 5.75 Å². The fourth-order valence-corrected chi connectivity index (χ4v) is 3.10. The third-order valence-corrected chi connectivity index (χ3v) is 4.09. The van der Waals surface area contributed by atoms with Crippen LogP contribution in [0.2, 0.25) is 0 Å². The second-order valence-electron chi connectivity index (χ2n) is 4.15. The Hall–Kier alpha value is -0.460. The van der Waals surface area contributed by atoms with Gasteiger partial charge in [-0.15, -0.1) is 0 Å². The molecule has 0 aromatic rings. The molecule has 0 radical (unpaired) electrons. The van der Waals surface area contributed by atoms with Crippen molar-refractivity contribution in [2.24, 2.45) is 5.73 Å². The van der Waals surface area contributed by atoms with Crippen molar-refractivity contribution < 1.29 is 13.7 Å². The Morgan fingerprint density at radius 2 is 2.12 bits per heavy atom. The van der Waals surface area contributed by atoms with E-state index in [4.69, 9.17) is 10.5 Å². The quantitative estimate of drug-likeness (QED) is 0.685. The SMILES string of the molecule is CCOC(CN)CS(=O)CC(=O)N1CCCC1. The highest BCUT2D eigenvalue weighted by atomic mass is 32.2. The van der Waals surface area contributed by atoms with Crippen molar-refractivity contribution in [3.05, 3.63) is 0 Å². The molecule has 2 N–H and O–H groups in total. The molecule has 0 aliphatic carbocycles. The van der Waals surface area contributed by atoms with Crippen LogP contribution in [0.1, 0.15) is 19.8 Å². The maximum Gasteiger partial charge on any atom is 0.235 e. The van der Waals surface area contributed by atoms with E-state index in [1.54, 1.807) is 4.90 Å². The van der Waals surface area contributed by atoms with Gasteiger partial charge in [-0.05, 0) is 19.8 Å². The molecule has 2 atom stereocenters. The minimum atomic E-state index is -1.17. The van der Waals surface area contributed by atoms with Crippen molar-refractivity contribution in [3.8, 4) is 0 Å². The van der Waals surface area contributed by atoms with E-state index in [0.717, 1.165) is 25.9 Å². The zero-order chi connectivity index (χ0) is 12.7. The molecule has 0 saturated carbocycles. The number of nitrogens with two attached hydrogens (primary N) is 1. The highest BCUT2D eigenvalue weighted by Gasteiger charge is 2.21. The number of ether oxygens (including phenoxy) is 1. The summed E-state index contributed by atoms with van der Waals surface area (Å²) >= 11 is 0. The molecular formula is C11H22N2O3S. The van der Waals surface area contributed by atoms with Crippen molar-refractivity contribution in [2.45, 2.75) is 25.9 Å². The highest BCUT2D eigenvalue weighted by molar-refractivity contribution is 7.85. The normalized spacial score (nSPS) is 19.3. The Morgan fingerprint density at radius 3 is 2.65 bits per heavy atom. The number of hydrogen-bond acceptors (Lipinski definition) is 4. The first kappa shape index (κ1) is 14.6. The van der Waals surface area contributed by atoms with Gasteiger partial charge in [-0.2, -0.15) is 0 Å². The number of amides is 1. The van der Waals surface area contributed by atoms with Crippen LogP contribution in [-0.2, 0) is 20.3 Å². The van der Waals surface area contributed by atoms with Crippen LogP contribution in [0.5, 0.6) is 0 Å². The lowest BCUT2D eigenvalue weighted by Crippen LogP contribution is -2.35. The van der Waals surface area contributed by atoms with Gasteiger partial charge in [0.25, 0.3) is 0 Å². The van der Waals surface area contributed by atoms with Crippen LogP contribution in [0, 0.1) is 0 Å². The molecule has 1 fully saturated rings. The molecule has 0 aromatic heterocycles. The van der Waals surface area contributed by atoms with Gasteiger partial charge >= 0.3 is 0 Å². The molecule has 1 heterocycles. The number of likely N-dealkylation sites (tertiary alicyclic amines) is 1. The van der Waals surface area contributed by atoms with Crippen molar-refractivity contribution in [1.29, 1.82) is 0 Å². The van der Waals surface area contributed by atoms with Gasteiger partial charge in [-0.25, -0.2) is 0 Å². The summed E-state index contributed by atoms with van der Waals surface area (Å²) < 4.78 is 17.1. The van der Waals surface area contributed by atoms with Crippen LogP contribution in [0.15, 0.2) is 0 Å². The summed E-state index contributed by atoms with van der Waals surface area (Å²) in [5, 5.41) is 0. The van der Waals surface area contributed by atoms with Crippen LogP contribution in [0.4, 0.5) is 0 Å². The van der Waals surface area contributed by atoms with E-state index in [0.29, 0.717) is 18.9 Å². The fraction of sp³-hybridized carbons (Fsp3) is 0.909. The summed E-state index contributed by atoms with van der Waals surface area (Å²) in [4.78, 5) is 13.5. The summed E-state index contributed by atoms with van der Waals surface area (Å²) in [6.07, 6.45) is 1.91. The first-order valence-electron chi connectivity index (χ1n) is 6.11. The van der Waals surface area contributed by atoms with Crippen molar-refractivity contribution >= 4 is 16.7 Å². The maximum absolute atomic E-state index is 11.8. The van der Waals surface area contributed by atoms with E-state index < -0.39 is 10.8 Å². The molecule has 17 heavy (non-hydrogen) atoms. The summed E-state index contributed by atoms with van der Waals surface area (Å²) in [5.41, 5.74) is 5.51. The summed E-state index contributed by atoms with van der Waals surface area (Å²) in [6, 6.07) is 0. The van der Waals surface area contributed by atoms with Crippen molar-refractivity contribution in [2.75, 3.05) is 37.7 Å². The van der Waals surface area contributed by atoms with Gasteiger partial charge in [0.2, 0.25) is 5.91 Å². The van der Waals surface area contributed by atoms with E-state index in [9.17, 15) is 9.00 Å². The largest absolute Gasteiger partial charge is 0.376 e. The molecule has 1 amide bonds. The Morgan fingerprint density at radius 1 is 1.47 bits per heavy atom. The van der Waals surface area contributed by atoms with Gasteiger partial charge in [-0.1, -0.05) is 0 Å². The standard InChI is InChI=1S/C11H22N2O3S/c1-2-16-10(7-12)8-17(15)9-11(14)13-5-3-4-6-13/h10H,2-9,12H2,1H3. The topological polar surface area (TPSA) is 72.6 Å². The molecule has 1 saturated heterocycles. The lowest BCUT2D eigenvalue weighted by Gasteiger charge is -2.17. The predicted molar refractivity (Wildman–Crippen MR) is 68.2 cm³/mol. The molecule has 2 unspecified atom stereocenters. The monoisotopic (exact) mass is 262 g/mol. The van der Waals surface area contributed by atoms with E-state index in [-0.39, 0.29) is 17.8 Å². The average Bonchev–Trinajstić information content (AvgIpc) is 2.81. The van der Waals surface area contributed by atoms with Gasteiger partial charge in [0.15, 0.2) is 0 Å². The Kier molecular flexibility index (Phi) is 6.69. The summed E-state index contributed by atoms with van der Waals surface area (Å²) in [5.74, 6) is 0.445. The lowest BCUT2D eigenvalue weighted by molar-refractivity contribution is -0.127. The molecular weight excluding hydrogens is 240 g/mol. The van der Waals surface area contributed by atoms with Gasteiger partial charge < -0.3 is 15.4 Å². The number of carbonyl (C=O) groups is 1. The average molecular weight is 262 g/mol. The first-order valence-corrected chi connectivity index (χ1v) is 7.60. The van der Waals surface area contributed by atoms with Crippen LogP contribution >= 0.6 is 0 Å². The molecule has 100 valence electrons. The van der Waals surface area contributed by atoms with E-state index in [1.165, 1.54) is 0 Å². The Bertz CT molecular complexity index is 267. The van der Waals surface area contributed by atoms with Crippen molar-refractivity contribution in [1.82, 2.24) is 4.90 Å². The molecule has 0 spiro atoms. The van der Waals surface area contributed by atoms with E-state index in [1.807, 2.05) is 6.92 Å². The smallest absolute Gasteiger partial charge is 0.235 e. The fourth-order valence-electron chi connectivity index (χ4n) is 1.88. The minimum absolute atomic E-state index is 0.00639. The van der Waals surface area contributed by atoms with Crippen LogP contribution < -0.4 is 5.73 Å². The van der Waals surface area contributed by atoms with Gasteiger partial charge in [-0.3, -0.25) is 9.00 Å². The first-order chi connectivity index (χ1) is 8.17. The molecule has 0 aromatic carbocycles. The van der Waals surface area contributed by atoms with Gasteiger partial charge in [0.05, 0.1) is 11.9 Å². The van der Waals surface area contributed by atoms with E-state index in [2.05, 4.69) is 0 Å². The highest BCUT2D eigenvalue weighted by Crippen LogP contribution is 2.08. The van der Waals surface area contributed by atoms with Crippen LogP contribution in [-0.4, -0.2) is 58.9 Å². The maximum atomic E-state index is 11.8. The molecule has 0 bridgehead atoms. The Labute approximate surface area is 105 Å². The second kappa shape index (κ2) is 7.79. The number of nitrogens with zero attached hydrogens (tertiary/aromatic N) is 1. The summed E-state index contributed by atoms with van der Waals surface area (Å²) in [6.45, 7) is 4.39. The molecule has 1 aliphatic rings. The molecule has 5 nitrogen and oxygen atoms in total. The molecule has 6 heteroatoms. The van der Waals surface area contributed by atoms with E-state index >= 15 is 0 Å². The second-order valence-corrected chi connectivity index (χ2v) is 5.65. The number of carbonyl (C=O) groups excluding carboxylic acids is 1. The zero-order valence-corrected chi connectivity index (χ0v) is 11.2. The number of hydrogen-bond donors (Lipinski definition) is 1. The third-order valence-electron chi connectivity index (χ3n) is 2.78. The third kappa shape index (κ3) is 5.14. The van der Waals surface area contributed by atoms with Gasteiger partial charge in [0, 0.05) is 37.0 Å². The zero-order valence-electron chi connectivity index (χ0n) is 10.4. The number of rotatable bonds is 7. The minimum Gasteiger partial charge on any atom is -0.376 e. The molecule has 1 rings (SSSR count). The lowest BCUT2D eigenvalue weighted by atomic mass is 10.4. The Balaban J connectivity index is 2.29. The van der Waals surface area contributed by atoms with Crippen LogP contribution in [0.3, 0.4) is 0 Å². The predicted octanol–water partition coefficient (Wildman–Crippen LogP) is -0.279. The van der Waals surface area contributed by atoms with Crippen LogP contribution in [0.25, 0.3) is 0 Å². The van der Waals surface area contributed by atoms with Crippen molar-refractivity contribution in [3.63, 3.8) is 0 Å².